The van der Waals surface area contributed by atoms with E-state index in [-0.39, 0.29) is 41.2 Å². The van der Waals surface area contributed by atoms with E-state index < -0.39 is 20.5 Å². The molecule has 1 N–H and O–H groups in total. The number of benzene rings is 4. The number of halogens is 2. The fourth-order valence-corrected chi connectivity index (χ4v) is 6.79. The summed E-state index contributed by atoms with van der Waals surface area (Å²) >= 11 is 0. The van der Waals surface area contributed by atoms with Crippen molar-refractivity contribution in [2.45, 2.75) is 24.2 Å². The molecule has 4 aliphatic rings. The van der Waals surface area contributed by atoms with Gasteiger partial charge in [-0.05, 0) is 46.5 Å². The molecule has 0 saturated carbocycles. The molecule has 360 valence electrons. The average Bonchev–Trinajstić information content (AvgIpc) is 4.21. The smallest absolute Gasteiger partial charge is 0.474 e. The van der Waals surface area contributed by atoms with E-state index in [1.54, 1.807) is 0 Å². The zero-order valence-corrected chi connectivity index (χ0v) is 38.9. The van der Waals surface area contributed by atoms with Gasteiger partial charge in [0.1, 0.15) is 73.4 Å². The number of aliphatic imine (C=N–C) groups is 4. The molecule has 19 nitrogen and oxygen atoms in total. The number of pyridine rings is 2. The summed E-state index contributed by atoms with van der Waals surface area (Å²) in [5, 5.41) is 7.00. The molecule has 0 fully saturated rings. The van der Waals surface area contributed by atoms with Crippen LogP contribution in [0.15, 0.2) is 178 Å². The van der Waals surface area contributed by atoms with Crippen LogP contribution in [-0.4, -0.2) is 72.2 Å². The first-order chi connectivity index (χ1) is 32.7. The van der Waals surface area contributed by atoms with Gasteiger partial charge in [-0.2, -0.15) is 0 Å². The van der Waals surface area contributed by atoms with Gasteiger partial charge in [-0.15, -0.1) is 20.5 Å². The molecule has 0 radical (unpaired) electrons. The van der Waals surface area contributed by atoms with E-state index in [0.29, 0.717) is 72.8 Å². The van der Waals surface area contributed by atoms with Crippen molar-refractivity contribution in [2.24, 2.45) is 20.0 Å². The van der Waals surface area contributed by atoms with Crippen molar-refractivity contribution in [1.29, 1.82) is 0 Å². The monoisotopic (exact) mass is 1020 g/mol. The van der Waals surface area contributed by atoms with Gasteiger partial charge in [0.25, 0.3) is 0 Å². The van der Waals surface area contributed by atoms with Gasteiger partial charge >= 0.3 is 17.1 Å². The molecule has 0 amide bonds. The van der Waals surface area contributed by atoms with Crippen LogP contribution in [0.2, 0.25) is 0 Å². The normalized spacial score (nSPS) is 18.8. The molecule has 22 heteroatoms. The van der Waals surface area contributed by atoms with Crippen LogP contribution in [0.5, 0.6) is 0 Å². The first-order valence-electron chi connectivity index (χ1n) is 20.4. The summed E-state index contributed by atoms with van der Waals surface area (Å²) in [6, 6.07) is 52.1. The molecule has 0 bridgehead atoms. The molecule has 4 aliphatic heterocycles. The van der Waals surface area contributed by atoms with Crippen molar-refractivity contribution in [1.82, 2.24) is 9.97 Å². The van der Waals surface area contributed by atoms with E-state index in [1.807, 2.05) is 109 Å². The van der Waals surface area contributed by atoms with Gasteiger partial charge in [0, 0.05) is 7.11 Å². The second-order valence-corrected chi connectivity index (χ2v) is 15.8. The number of nitrogens with zero attached hydrogens (tertiary/aromatic N) is 6. The summed E-state index contributed by atoms with van der Waals surface area (Å²) in [5.74, 6) is 2.26. The minimum absolute atomic E-state index is 0. The van der Waals surface area contributed by atoms with Crippen molar-refractivity contribution in [3.05, 3.63) is 203 Å². The van der Waals surface area contributed by atoms with E-state index in [9.17, 15) is 0 Å². The van der Waals surface area contributed by atoms with Crippen molar-refractivity contribution in [3.63, 3.8) is 0 Å². The molecule has 10 rings (SSSR count). The predicted molar refractivity (Wildman–Crippen MR) is 223 cm³/mol. The number of aliphatic hydroxyl groups is 1. The van der Waals surface area contributed by atoms with Crippen molar-refractivity contribution in [2.75, 3.05) is 33.5 Å². The van der Waals surface area contributed by atoms with Crippen LogP contribution in [0.4, 0.5) is 0 Å². The van der Waals surface area contributed by atoms with Gasteiger partial charge in [-0.1, -0.05) is 133 Å². The molecule has 4 atom stereocenters. The minimum atomic E-state index is -4.94. The van der Waals surface area contributed by atoms with E-state index in [2.05, 4.69) is 58.5 Å². The number of aromatic nitrogens is 2. The van der Waals surface area contributed by atoms with Crippen LogP contribution >= 0.6 is 0 Å². The van der Waals surface area contributed by atoms with Crippen LogP contribution in [0.1, 0.15) is 69.2 Å². The Labute approximate surface area is 411 Å². The Morgan fingerprint density at radius 3 is 0.725 bits per heavy atom. The zero-order chi connectivity index (χ0) is 48.5. The number of rotatable bonds is 8. The molecular weight excluding hydrogens is 983 g/mol. The molecule has 69 heavy (non-hydrogen) atoms. The molecular formula is C47H42Cl2FeN6O13. The Morgan fingerprint density at radius 1 is 0.348 bits per heavy atom. The van der Waals surface area contributed by atoms with Gasteiger partial charge < -0.3 is 24.1 Å². The van der Waals surface area contributed by atoms with Crippen LogP contribution in [0, 0.1) is 20.5 Å². The number of ether oxygens (including phenoxy) is 4. The van der Waals surface area contributed by atoms with E-state index in [1.165, 1.54) is 0 Å². The van der Waals surface area contributed by atoms with E-state index in [4.69, 9.17) is 81.3 Å². The maximum absolute atomic E-state index is 8.49. The summed E-state index contributed by atoms with van der Waals surface area (Å²) in [4.78, 5) is 28.2. The third kappa shape index (κ3) is 17.1. The predicted octanol–water partition coefficient (Wildman–Crippen LogP) is -1.67. The summed E-state index contributed by atoms with van der Waals surface area (Å²) < 4.78 is 91.2. The summed E-state index contributed by atoms with van der Waals surface area (Å²) in [7, 11) is -8.89. The quantitative estimate of drug-likeness (QED) is 0.167. The van der Waals surface area contributed by atoms with Crippen LogP contribution in [-0.2, 0) is 36.0 Å². The molecule has 0 unspecified atom stereocenters. The summed E-state index contributed by atoms with van der Waals surface area (Å²) in [5.41, 5.74) is 7.36. The van der Waals surface area contributed by atoms with Crippen molar-refractivity contribution >= 4 is 23.6 Å². The van der Waals surface area contributed by atoms with Crippen molar-refractivity contribution in [3.8, 4) is 0 Å². The Bertz CT molecular complexity index is 2290. The Morgan fingerprint density at radius 2 is 0.536 bits per heavy atom. The van der Waals surface area contributed by atoms with E-state index >= 15 is 0 Å². The molecule has 6 aromatic rings. The molecule has 0 aliphatic carbocycles. The van der Waals surface area contributed by atoms with Crippen LogP contribution in [0.25, 0.3) is 0 Å². The van der Waals surface area contributed by atoms with Crippen LogP contribution < -0.4 is 37.3 Å². The first kappa shape index (κ1) is 53.8. The maximum atomic E-state index is 8.49. The third-order valence-corrected chi connectivity index (χ3v) is 9.72. The standard InChI is InChI=1S/2C23H19N3O2.CH4O.2ClHO4.Fe/c2*1-3-8-16(9-4-1)20-14-27-22(25-20)18-12-7-13-19(24-18)23-26-21(15-28-23)17-10-5-2-6-11-17;1-2;2*2-1(3,4)5;/h2*1-13,20-21H,14-15H2;2H,1H3;2*(H,2,3,4,5);/q;;;;;+2/p-2/t2*20-,21-;;;;/m10..../s1. The topological polar surface area (TPSA) is 317 Å². The Kier molecular flexibility index (Phi) is 20.2. The maximum Gasteiger partial charge on any atom is 2.00 e. The second kappa shape index (κ2) is 26.0. The minimum Gasteiger partial charge on any atom is -0.474 e. The molecule has 0 saturated heterocycles. The number of aliphatic hydroxyl groups excluding tert-OH is 1. The summed E-state index contributed by atoms with van der Waals surface area (Å²) in [6.07, 6.45) is 0. The molecule has 2 aromatic heterocycles. The van der Waals surface area contributed by atoms with Crippen molar-refractivity contribution < 1.29 is 98.9 Å². The Hall–Kier alpha value is -6.20. The number of hydrogen-bond donors (Lipinski definition) is 1. The zero-order valence-electron chi connectivity index (χ0n) is 36.3. The molecule has 6 heterocycles. The fourth-order valence-electron chi connectivity index (χ4n) is 6.79. The van der Waals surface area contributed by atoms with Gasteiger partial charge in [0.2, 0.25) is 23.6 Å². The fraction of sp³-hybridized carbons (Fsp3) is 0.191. The largest absolute Gasteiger partial charge is 2.00 e. The first-order valence-corrected chi connectivity index (χ1v) is 22.9. The van der Waals surface area contributed by atoms with Gasteiger partial charge in [-0.25, -0.2) is 67.2 Å². The number of hydrogen-bond acceptors (Lipinski definition) is 19. The van der Waals surface area contributed by atoms with Crippen LogP contribution in [0.3, 0.4) is 0 Å². The van der Waals surface area contributed by atoms with Gasteiger partial charge in [0.15, 0.2) is 0 Å². The molecule has 0 spiro atoms. The summed E-state index contributed by atoms with van der Waals surface area (Å²) in [6.45, 7) is 2.11. The second-order valence-electron chi connectivity index (χ2n) is 14.3. The SMILES string of the molecule is CO.[Fe+2].[O-][Cl+3]([O-])([O-])[O-].[O-][Cl+3]([O-])([O-])[O-].c1ccc([C@@H]2COC(c3cccc(C4=N[C@H](c5ccccc5)CO4)n3)=N2)cc1.c1ccc([C@H]2COC(c3cccc(C4=N[C@@H](c5ccccc5)CO4)n3)=N2)cc1. The molecule has 4 aromatic carbocycles. The third-order valence-electron chi connectivity index (χ3n) is 9.72. The van der Waals surface area contributed by atoms with E-state index in [0.717, 1.165) is 29.4 Å². The van der Waals surface area contributed by atoms with Gasteiger partial charge in [-0.3, -0.25) is 0 Å². The Balaban J connectivity index is 0.000000207. The van der Waals surface area contributed by atoms with Gasteiger partial charge in [0.05, 0.1) is 0 Å². The average molecular weight is 1030 g/mol.